The normalized spacial score (nSPS) is 21.6. The van der Waals surface area contributed by atoms with Gasteiger partial charge in [0, 0.05) is 99.8 Å². The summed E-state index contributed by atoms with van der Waals surface area (Å²) in [7, 11) is -5.31. The van der Waals surface area contributed by atoms with Crippen LogP contribution in [0.4, 0.5) is 15.3 Å². The lowest BCUT2D eigenvalue weighted by Crippen LogP contribution is -2.50. The third kappa shape index (κ3) is 19.1. The van der Waals surface area contributed by atoms with Crippen LogP contribution < -0.4 is 50.8 Å². The van der Waals surface area contributed by atoms with Gasteiger partial charge in [0.2, 0.25) is 10.0 Å². The summed E-state index contributed by atoms with van der Waals surface area (Å²) in [6, 6.07) is 25.1. The molecule has 0 aromatic heterocycles. The first-order valence-corrected chi connectivity index (χ1v) is 33.3. The number of urea groups is 2. The van der Waals surface area contributed by atoms with Gasteiger partial charge in [-0.1, -0.05) is 35.3 Å². The highest BCUT2D eigenvalue weighted by Gasteiger charge is 2.42. The molecule has 8 N–H and O–H groups in total. The van der Waals surface area contributed by atoms with Crippen LogP contribution in [-0.2, 0) is 52.8 Å². The fourth-order valence-electron chi connectivity index (χ4n) is 11.7. The highest BCUT2D eigenvalue weighted by Crippen LogP contribution is 2.43. The molecule has 87 heavy (non-hydrogen) atoms. The van der Waals surface area contributed by atoms with Crippen LogP contribution in [0.5, 0.6) is 11.5 Å². The highest BCUT2D eigenvalue weighted by molar-refractivity contribution is 7.92. The van der Waals surface area contributed by atoms with Gasteiger partial charge < -0.3 is 60.3 Å². The zero-order chi connectivity index (χ0) is 61.0. The summed E-state index contributed by atoms with van der Waals surface area (Å²) in [4.78, 5) is 30.4. The number of carbonyl (C=O) groups excluding carboxylic acids is 2. The molecule has 3 aliphatic carbocycles. The van der Waals surface area contributed by atoms with E-state index < -0.39 is 27.1 Å². The van der Waals surface area contributed by atoms with Crippen LogP contribution in [0.25, 0.3) is 0 Å². The van der Waals surface area contributed by atoms with Crippen LogP contribution in [0.2, 0.25) is 10.0 Å². The summed E-state index contributed by atoms with van der Waals surface area (Å²) < 4.78 is 80.5. The molecule has 470 valence electrons. The molecular formula is C60H78Cl2N12O11S2. The first kappa shape index (κ1) is 65.6. The third-order valence-corrected chi connectivity index (χ3v) is 18.9. The third-order valence-electron chi connectivity index (χ3n) is 16.0. The quantitative estimate of drug-likeness (QED) is 0.0329. The average molecular weight is 1280 g/mol. The molecule has 2 saturated heterocycles. The van der Waals surface area contributed by atoms with Gasteiger partial charge in [0.05, 0.1) is 98.9 Å². The number of benzene rings is 4. The van der Waals surface area contributed by atoms with E-state index in [1.807, 2.05) is 30.3 Å². The Kier molecular flexibility index (Phi) is 24.9. The number of fused-ring (bicyclic) bond motifs is 2. The van der Waals surface area contributed by atoms with Gasteiger partial charge in [0.1, 0.15) is 34.7 Å². The van der Waals surface area contributed by atoms with E-state index in [1.54, 1.807) is 42.5 Å². The summed E-state index contributed by atoms with van der Waals surface area (Å²) in [5.74, 6) is 0.797. The summed E-state index contributed by atoms with van der Waals surface area (Å²) in [5, 5.41) is 39.1. The molecule has 4 amide bonds. The number of nitrogens with one attached hydrogen (secondary N) is 8. The molecule has 4 aromatic rings. The average Bonchev–Trinajstić information content (AvgIpc) is 2.35. The number of rotatable bonds is 30. The van der Waals surface area contributed by atoms with Gasteiger partial charge in [0.25, 0.3) is 0 Å². The number of ether oxygens (including phenoxy) is 6. The van der Waals surface area contributed by atoms with E-state index in [4.69, 9.17) is 51.6 Å². The van der Waals surface area contributed by atoms with Crippen molar-refractivity contribution in [2.45, 2.75) is 79.8 Å². The SMILES string of the molecule is N#Cc1cc(Cl)cc2c1C[C@H](N1CCNCC1)[C@H]2Oc1ccc(NS(=O)(=O)CCOCCOCCNC(=O)NC2CCC(NC(=O)NCCOCCOCCNS(=O)c3ccccc3O[C@H]3c4cc(Cl)cc(C#N)c4C[C@@H]3N3CCNCC3)CC2)cc1. The van der Waals surface area contributed by atoms with E-state index >= 15 is 0 Å². The van der Waals surface area contributed by atoms with E-state index in [1.165, 1.54) is 0 Å². The Labute approximate surface area is 521 Å². The van der Waals surface area contributed by atoms with Gasteiger partial charge in [-0.05, 0) is 121 Å². The van der Waals surface area contributed by atoms with Gasteiger partial charge in [-0.2, -0.15) is 10.5 Å². The van der Waals surface area contributed by atoms with Crippen molar-refractivity contribution >= 4 is 62.0 Å². The van der Waals surface area contributed by atoms with E-state index in [0.29, 0.717) is 121 Å². The van der Waals surface area contributed by atoms with Crippen LogP contribution in [0, 0.1) is 22.7 Å². The molecular weight excluding hydrogens is 1200 g/mol. The number of para-hydroxylation sites is 1. The Bertz CT molecular complexity index is 3160. The monoisotopic (exact) mass is 1280 g/mol. The van der Waals surface area contributed by atoms with Gasteiger partial charge in [0.15, 0.2) is 0 Å². The molecule has 0 radical (unpaired) electrons. The standard InChI is InChI=1S/C60H78Cl2N12O11S2/c61-43-33-41(39-63)49-37-53(73-20-13-65-14-21-73)57(51(49)35-43)84-48-11-9-47(10-12-48)72-87(78,79)32-31-83-30-29-81-25-18-68-60(76)71-46-7-5-45(6-8-46)70-59(75)67-17-24-80-27-28-82-26-19-69-86(77)56-4-2-1-3-55(56)85-58-52-36-44(62)34-42(40-64)50(52)38-54(58)74-22-15-66-16-23-74/h1-4,9-12,33-36,45-46,53-54,57-58,65-66,69,72H,5-8,13-32,37-38H2,(H2,67,70,75)(H2,68,71,76)/t45?,46?,53-,54-,57-,58-,86?/m0/s1. The van der Waals surface area contributed by atoms with Crippen molar-refractivity contribution in [1.29, 1.82) is 10.5 Å². The van der Waals surface area contributed by atoms with Gasteiger partial charge in [-0.25, -0.2) is 26.9 Å². The van der Waals surface area contributed by atoms with Crippen LogP contribution >= 0.6 is 23.2 Å². The minimum absolute atomic E-state index is 0.0102. The van der Waals surface area contributed by atoms with Gasteiger partial charge in [-0.3, -0.25) is 14.5 Å². The number of sulfonamides is 1. The summed E-state index contributed by atoms with van der Waals surface area (Å²) >= 11 is 12.9. The van der Waals surface area contributed by atoms with E-state index in [0.717, 1.165) is 74.6 Å². The summed E-state index contributed by atoms with van der Waals surface area (Å²) in [6.07, 6.45) is 3.42. The minimum atomic E-state index is -3.72. The first-order chi connectivity index (χ1) is 42.3. The van der Waals surface area contributed by atoms with E-state index in [9.17, 15) is 32.7 Å². The van der Waals surface area contributed by atoms with Crippen molar-refractivity contribution in [2.24, 2.45) is 0 Å². The Morgan fingerprint density at radius 2 is 1.09 bits per heavy atom. The zero-order valence-corrected chi connectivity index (χ0v) is 51.8. The molecule has 0 bridgehead atoms. The van der Waals surface area contributed by atoms with Gasteiger partial charge >= 0.3 is 12.1 Å². The molecule has 1 unspecified atom stereocenters. The van der Waals surface area contributed by atoms with Crippen molar-refractivity contribution in [3.05, 3.63) is 116 Å². The lowest BCUT2D eigenvalue weighted by atomic mass is 9.91. The van der Waals surface area contributed by atoms with E-state index in [2.05, 4.69) is 63.3 Å². The maximum Gasteiger partial charge on any atom is 0.315 e. The molecule has 4 aromatic carbocycles. The number of nitrogens with zero attached hydrogens (tertiary/aromatic N) is 4. The molecule has 2 heterocycles. The maximum atomic E-state index is 13.5. The van der Waals surface area contributed by atoms with Crippen LogP contribution in [0.3, 0.4) is 0 Å². The predicted octanol–water partition coefficient (Wildman–Crippen LogP) is 4.67. The second kappa shape index (κ2) is 33.1. The number of anilines is 1. The van der Waals surface area contributed by atoms with Crippen molar-refractivity contribution < 1.29 is 50.6 Å². The molecule has 0 spiro atoms. The largest absolute Gasteiger partial charge is 0.484 e. The summed E-state index contributed by atoms with van der Waals surface area (Å²) in [6.45, 7) is 9.59. The number of carbonyl (C=O) groups is 2. The number of amides is 4. The molecule has 2 aliphatic heterocycles. The molecule has 9 rings (SSSR count). The number of hydrogen-bond acceptors (Lipinski definition) is 17. The van der Waals surface area contributed by atoms with Crippen molar-refractivity contribution in [3.8, 4) is 23.6 Å². The minimum Gasteiger partial charge on any atom is -0.484 e. The first-order valence-electron chi connectivity index (χ1n) is 29.8. The molecule has 1 saturated carbocycles. The van der Waals surface area contributed by atoms with E-state index in [-0.39, 0.29) is 81.1 Å². The van der Waals surface area contributed by atoms with Gasteiger partial charge in [-0.15, -0.1) is 0 Å². The summed E-state index contributed by atoms with van der Waals surface area (Å²) in [5.41, 5.74) is 5.15. The Morgan fingerprint density at radius 1 is 0.621 bits per heavy atom. The molecule has 3 fully saturated rings. The van der Waals surface area contributed by atoms with Crippen LogP contribution in [-0.4, -0.2) is 189 Å². The lowest BCUT2D eigenvalue weighted by Gasteiger charge is -2.36. The maximum absolute atomic E-state index is 13.5. The molecule has 5 atom stereocenters. The topological polar surface area (TPSA) is 291 Å². The Balaban J connectivity index is 0.560. The molecule has 23 nitrogen and oxygen atoms in total. The smallest absolute Gasteiger partial charge is 0.315 e. The number of nitriles is 2. The number of halogens is 2. The van der Waals surface area contributed by atoms with Crippen molar-refractivity contribution in [1.82, 2.24) is 46.4 Å². The Hall–Kier alpha value is -5.88. The Morgan fingerprint density at radius 3 is 1.60 bits per heavy atom. The van der Waals surface area contributed by atoms with Crippen LogP contribution in [0.15, 0.2) is 77.7 Å². The molecule has 5 aliphatic rings. The van der Waals surface area contributed by atoms with Crippen molar-refractivity contribution in [3.63, 3.8) is 0 Å². The second-order valence-electron chi connectivity index (χ2n) is 21.8. The number of piperazine rings is 2. The predicted molar refractivity (Wildman–Crippen MR) is 330 cm³/mol. The fourth-order valence-corrected chi connectivity index (χ4v) is 14.0. The zero-order valence-electron chi connectivity index (χ0n) is 48.6. The second-order valence-corrected chi connectivity index (χ2v) is 25.8. The fraction of sp³-hybridized carbons (Fsp3) is 0.533. The molecule has 27 heteroatoms. The van der Waals surface area contributed by atoms with Crippen LogP contribution in [0.1, 0.15) is 71.3 Å². The highest BCUT2D eigenvalue weighted by atomic mass is 35.5. The number of hydrogen-bond donors (Lipinski definition) is 8. The van der Waals surface area contributed by atoms with Crippen molar-refractivity contribution in [2.75, 3.05) is 135 Å². The lowest BCUT2D eigenvalue weighted by molar-refractivity contribution is 0.0516.